The maximum atomic E-state index is 6.66. The molecule has 156 valence electrons. The number of aromatic nitrogens is 1. The summed E-state index contributed by atoms with van der Waals surface area (Å²) in [4.78, 5) is 7.32. The summed E-state index contributed by atoms with van der Waals surface area (Å²) in [5.41, 5.74) is 6.32. The van der Waals surface area contributed by atoms with Gasteiger partial charge in [0.25, 0.3) is 0 Å². The zero-order valence-electron chi connectivity index (χ0n) is 18.7. The van der Waals surface area contributed by atoms with E-state index in [-0.39, 0.29) is 11.1 Å². The molecule has 30 heavy (non-hydrogen) atoms. The third-order valence-corrected chi connectivity index (χ3v) is 7.11. The van der Waals surface area contributed by atoms with E-state index < -0.39 is 0 Å². The van der Waals surface area contributed by atoms with Crippen molar-refractivity contribution in [2.75, 3.05) is 13.1 Å². The summed E-state index contributed by atoms with van der Waals surface area (Å²) in [6.45, 7) is 11.3. The molecule has 0 atom stereocenters. The average Bonchev–Trinajstić information content (AvgIpc) is 2.73. The molecule has 1 fully saturated rings. The summed E-state index contributed by atoms with van der Waals surface area (Å²) in [6.07, 6.45) is 6.47. The van der Waals surface area contributed by atoms with Gasteiger partial charge in [-0.2, -0.15) is 0 Å². The molecule has 2 aromatic carbocycles. The molecule has 3 heterocycles. The molecule has 1 spiro atoms. The highest BCUT2D eigenvalue weighted by Crippen LogP contribution is 2.41. The summed E-state index contributed by atoms with van der Waals surface area (Å²) in [7, 11) is 0. The quantitative estimate of drug-likeness (QED) is 0.488. The molecule has 0 aliphatic carbocycles. The number of pyridine rings is 1. The first kappa shape index (κ1) is 19.6. The number of piperidine rings is 1. The molecule has 2 aliphatic rings. The van der Waals surface area contributed by atoms with Crippen LogP contribution in [0.4, 0.5) is 0 Å². The van der Waals surface area contributed by atoms with Gasteiger partial charge in [-0.15, -0.1) is 0 Å². The number of hydrogen-bond donors (Lipinski definition) is 0. The molecule has 0 bridgehead atoms. The fourth-order valence-corrected chi connectivity index (χ4v) is 5.11. The van der Waals surface area contributed by atoms with Gasteiger partial charge in [-0.1, -0.05) is 24.3 Å². The molecule has 0 unspecified atom stereocenters. The van der Waals surface area contributed by atoms with Crippen LogP contribution in [0.1, 0.15) is 51.2 Å². The van der Waals surface area contributed by atoms with Crippen LogP contribution in [-0.2, 0) is 6.42 Å². The molecule has 0 radical (unpaired) electrons. The third-order valence-electron chi connectivity index (χ3n) is 7.11. The Morgan fingerprint density at radius 2 is 1.77 bits per heavy atom. The molecule has 2 aliphatic heterocycles. The second-order valence-electron chi connectivity index (χ2n) is 10.1. The van der Waals surface area contributed by atoms with E-state index in [1.807, 2.05) is 6.20 Å². The smallest absolute Gasteiger partial charge is 0.123 e. The van der Waals surface area contributed by atoms with Crippen molar-refractivity contribution in [2.24, 2.45) is 0 Å². The number of hydrogen-bond acceptors (Lipinski definition) is 3. The van der Waals surface area contributed by atoms with Crippen molar-refractivity contribution in [3.8, 4) is 16.9 Å². The molecule has 3 aromatic rings. The van der Waals surface area contributed by atoms with Gasteiger partial charge < -0.3 is 4.74 Å². The van der Waals surface area contributed by atoms with Crippen molar-refractivity contribution in [1.82, 2.24) is 9.88 Å². The van der Waals surface area contributed by atoms with Crippen LogP contribution in [0.5, 0.6) is 5.75 Å². The number of aryl methyl sites for hydroxylation is 2. The van der Waals surface area contributed by atoms with E-state index >= 15 is 0 Å². The third kappa shape index (κ3) is 3.50. The van der Waals surface area contributed by atoms with Gasteiger partial charge in [0, 0.05) is 35.8 Å². The van der Waals surface area contributed by atoms with Gasteiger partial charge in [0.2, 0.25) is 0 Å². The molecule has 3 nitrogen and oxygen atoms in total. The van der Waals surface area contributed by atoms with Crippen LogP contribution in [0.25, 0.3) is 22.0 Å². The van der Waals surface area contributed by atoms with Crippen LogP contribution in [0.15, 0.2) is 48.7 Å². The highest BCUT2D eigenvalue weighted by atomic mass is 16.5. The number of nitrogens with zero attached hydrogens (tertiary/aromatic N) is 2. The predicted molar refractivity (Wildman–Crippen MR) is 124 cm³/mol. The molecule has 3 heteroatoms. The zero-order valence-corrected chi connectivity index (χ0v) is 18.7. The molecule has 1 aromatic heterocycles. The Morgan fingerprint density at radius 1 is 0.967 bits per heavy atom. The largest absolute Gasteiger partial charge is 0.487 e. The van der Waals surface area contributed by atoms with Crippen molar-refractivity contribution < 1.29 is 4.74 Å². The highest BCUT2D eigenvalue weighted by molar-refractivity contribution is 5.85. The molecule has 0 saturated carbocycles. The van der Waals surface area contributed by atoms with Crippen molar-refractivity contribution in [3.63, 3.8) is 0 Å². The van der Waals surface area contributed by atoms with Crippen LogP contribution in [-0.4, -0.2) is 34.1 Å². The van der Waals surface area contributed by atoms with Crippen LogP contribution < -0.4 is 4.74 Å². The first-order valence-electron chi connectivity index (χ1n) is 11.3. The van der Waals surface area contributed by atoms with E-state index in [0.717, 1.165) is 50.0 Å². The average molecular weight is 401 g/mol. The van der Waals surface area contributed by atoms with E-state index in [1.165, 1.54) is 27.6 Å². The molecule has 0 N–H and O–H groups in total. The van der Waals surface area contributed by atoms with Crippen molar-refractivity contribution in [3.05, 3.63) is 59.8 Å². The van der Waals surface area contributed by atoms with E-state index in [0.29, 0.717) is 0 Å². The lowest BCUT2D eigenvalue weighted by Gasteiger charge is -2.48. The van der Waals surface area contributed by atoms with Crippen LogP contribution in [0.3, 0.4) is 0 Å². The second-order valence-corrected chi connectivity index (χ2v) is 10.1. The van der Waals surface area contributed by atoms with Gasteiger partial charge in [0.15, 0.2) is 0 Å². The summed E-state index contributed by atoms with van der Waals surface area (Å²) in [6, 6.07) is 15.3. The monoisotopic (exact) mass is 400 g/mol. The maximum absolute atomic E-state index is 6.66. The van der Waals surface area contributed by atoms with Gasteiger partial charge in [-0.3, -0.25) is 9.88 Å². The Bertz CT molecular complexity index is 1090. The summed E-state index contributed by atoms with van der Waals surface area (Å²) < 4.78 is 6.66. The maximum Gasteiger partial charge on any atom is 0.123 e. The van der Waals surface area contributed by atoms with Crippen LogP contribution in [0, 0.1) is 6.92 Å². The summed E-state index contributed by atoms with van der Waals surface area (Å²) in [5.74, 6) is 1.08. The minimum absolute atomic E-state index is 0.0261. The Hall–Kier alpha value is -2.39. The lowest BCUT2D eigenvalue weighted by atomic mass is 9.81. The van der Waals surface area contributed by atoms with Crippen molar-refractivity contribution in [1.29, 1.82) is 0 Å². The van der Waals surface area contributed by atoms with Gasteiger partial charge >= 0.3 is 0 Å². The zero-order chi connectivity index (χ0) is 20.9. The van der Waals surface area contributed by atoms with Crippen molar-refractivity contribution in [2.45, 2.75) is 64.5 Å². The number of fused-ring (bicyclic) bond motifs is 2. The van der Waals surface area contributed by atoms with Gasteiger partial charge in [-0.25, -0.2) is 0 Å². The molecule has 1 saturated heterocycles. The minimum Gasteiger partial charge on any atom is -0.487 e. The molecule has 5 rings (SSSR count). The van der Waals surface area contributed by atoms with Crippen LogP contribution >= 0.6 is 0 Å². The van der Waals surface area contributed by atoms with Crippen molar-refractivity contribution >= 4 is 10.9 Å². The lowest BCUT2D eigenvalue weighted by Crippen LogP contribution is -2.54. The Balaban J connectivity index is 1.38. The van der Waals surface area contributed by atoms with Gasteiger partial charge in [0.05, 0.1) is 5.52 Å². The topological polar surface area (TPSA) is 25.4 Å². The Labute approximate surface area is 180 Å². The Kier molecular flexibility index (Phi) is 4.62. The molecule has 0 amide bonds. The lowest BCUT2D eigenvalue weighted by molar-refractivity contribution is -0.0355. The fraction of sp³-hybridized carbons (Fsp3) is 0.444. The summed E-state index contributed by atoms with van der Waals surface area (Å²) >= 11 is 0. The number of ether oxygens (including phenoxy) is 1. The molecular weight excluding hydrogens is 368 g/mol. The first-order valence-corrected chi connectivity index (χ1v) is 11.3. The van der Waals surface area contributed by atoms with Gasteiger partial charge in [0.1, 0.15) is 11.4 Å². The SMILES string of the molecule is Cc1cccc2cc(-c3ccc4c(c3)CCC3(CCN(C(C)(C)C)CC3)O4)cnc12. The standard InChI is InChI=1S/C27H32N2O/c1-19-6-5-7-22-17-23(18-28-25(19)22)20-8-9-24-21(16-20)10-11-27(30-24)12-14-29(15-13-27)26(2,3)4/h5-9,16-18H,10-15H2,1-4H3. The molecular formula is C27H32N2O. The minimum atomic E-state index is 0.0261. The number of likely N-dealkylation sites (tertiary alicyclic amines) is 1. The Morgan fingerprint density at radius 3 is 2.53 bits per heavy atom. The predicted octanol–water partition coefficient (Wildman–Crippen LogP) is 6.17. The first-order chi connectivity index (χ1) is 14.3. The van der Waals surface area contributed by atoms with E-state index in [4.69, 9.17) is 9.72 Å². The van der Waals surface area contributed by atoms with Gasteiger partial charge in [-0.05, 0) is 88.3 Å². The van der Waals surface area contributed by atoms with E-state index in [2.05, 4.69) is 75.1 Å². The van der Waals surface area contributed by atoms with E-state index in [1.54, 1.807) is 0 Å². The second kappa shape index (κ2) is 7.09. The number of rotatable bonds is 1. The van der Waals surface area contributed by atoms with E-state index in [9.17, 15) is 0 Å². The fourth-order valence-electron chi connectivity index (χ4n) is 5.11. The number of benzene rings is 2. The number of para-hydroxylation sites is 1. The normalized spacial score (nSPS) is 18.9. The summed E-state index contributed by atoms with van der Waals surface area (Å²) in [5, 5.41) is 1.20. The highest BCUT2D eigenvalue weighted by Gasteiger charge is 2.41. The van der Waals surface area contributed by atoms with Crippen LogP contribution in [0.2, 0.25) is 0 Å².